The molecule has 0 radical (unpaired) electrons. The monoisotopic (exact) mass is 345 g/mol. The van der Waals surface area contributed by atoms with Gasteiger partial charge in [0.2, 0.25) is 0 Å². The summed E-state index contributed by atoms with van der Waals surface area (Å²) < 4.78 is 0. The number of hydrazine groups is 1. The fourth-order valence-corrected chi connectivity index (χ4v) is 3.30. The molecular formula is C21H23N5. The molecule has 1 aliphatic heterocycles. The number of nitrogens with one attached hydrogen (secondary N) is 3. The van der Waals surface area contributed by atoms with Gasteiger partial charge in [-0.3, -0.25) is 20.8 Å². The largest absolute Gasteiger partial charge is 0.307 e. The Bertz CT molecular complexity index is 851. The molecule has 5 heteroatoms. The Kier molecular flexibility index (Phi) is 5.02. The van der Waals surface area contributed by atoms with E-state index in [0.717, 1.165) is 29.9 Å². The number of rotatable bonds is 5. The average Bonchev–Trinajstić information content (AvgIpc) is 3.12. The van der Waals surface area contributed by atoms with Crippen LogP contribution < -0.4 is 16.2 Å². The number of pyridine rings is 2. The minimum atomic E-state index is 0.390. The van der Waals surface area contributed by atoms with Crippen molar-refractivity contribution in [1.82, 2.24) is 26.1 Å². The molecule has 132 valence electrons. The van der Waals surface area contributed by atoms with Gasteiger partial charge in [0.25, 0.3) is 0 Å². The maximum absolute atomic E-state index is 4.79. The van der Waals surface area contributed by atoms with E-state index in [4.69, 9.17) is 4.98 Å². The highest BCUT2D eigenvalue weighted by molar-refractivity contribution is 5.69. The summed E-state index contributed by atoms with van der Waals surface area (Å²) in [6.07, 6.45) is 5.58. The molecule has 1 saturated heterocycles. The van der Waals surface area contributed by atoms with E-state index in [-0.39, 0.29) is 0 Å². The molecule has 2 aromatic heterocycles. The Labute approximate surface area is 153 Å². The normalized spacial score (nSPS) is 19.6. The molecule has 0 saturated carbocycles. The number of aromatic nitrogens is 2. The number of hydrogen-bond donors (Lipinski definition) is 3. The molecular weight excluding hydrogens is 322 g/mol. The topological polar surface area (TPSA) is 61.9 Å². The van der Waals surface area contributed by atoms with Crippen LogP contribution in [0.2, 0.25) is 0 Å². The molecule has 0 bridgehead atoms. The van der Waals surface area contributed by atoms with Gasteiger partial charge in [-0.15, -0.1) is 0 Å². The second-order valence-electron chi connectivity index (χ2n) is 6.63. The lowest BCUT2D eigenvalue weighted by Crippen LogP contribution is -2.39. The van der Waals surface area contributed by atoms with Gasteiger partial charge in [0.1, 0.15) is 0 Å². The van der Waals surface area contributed by atoms with Gasteiger partial charge in [-0.1, -0.05) is 30.3 Å². The van der Waals surface area contributed by atoms with Gasteiger partial charge < -0.3 is 5.32 Å². The van der Waals surface area contributed by atoms with Crippen LogP contribution in [0, 0.1) is 0 Å². The minimum absolute atomic E-state index is 0.390. The smallest absolute Gasteiger partial charge is 0.0748 e. The minimum Gasteiger partial charge on any atom is -0.307 e. The third-order valence-electron chi connectivity index (χ3n) is 4.84. The highest BCUT2D eigenvalue weighted by Gasteiger charge is 2.22. The van der Waals surface area contributed by atoms with E-state index < -0.39 is 0 Å². The first kappa shape index (κ1) is 16.8. The molecule has 0 spiro atoms. The SMILES string of the molecule is CC1NNCC1NCc1cc(-c2ccccc2)cnc1-c1ccncc1. The Morgan fingerprint density at radius 1 is 1.04 bits per heavy atom. The van der Waals surface area contributed by atoms with E-state index in [1.165, 1.54) is 11.1 Å². The van der Waals surface area contributed by atoms with E-state index in [2.05, 4.69) is 58.4 Å². The lowest BCUT2D eigenvalue weighted by molar-refractivity contribution is 0.483. The van der Waals surface area contributed by atoms with E-state index in [9.17, 15) is 0 Å². The molecule has 2 unspecified atom stereocenters. The summed E-state index contributed by atoms with van der Waals surface area (Å²) in [5, 5.41) is 3.66. The first-order valence-corrected chi connectivity index (χ1v) is 8.98. The summed E-state index contributed by atoms with van der Waals surface area (Å²) in [6.45, 7) is 3.86. The van der Waals surface area contributed by atoms with Gasteiger partial charge in [-0.25, -0.2) is 0 Å². The van der Waals surface area contributed by atoms with Crippen LogP contribution >= 0.6 is 0 Å². The molecule has 5 nitrogen and oxygen atoms in total. The third kappa shape index (κ3) is 3.65. The molecule has 0 amide bonds. The van der Waals surface area contributed by atoms with Crippen molar-refractivity contribution in [3.8, 4) is 22.4 Å². The van der Waals surface area contributed by atoms with Crippen molar-refractivity contribution in [1.29, 1.82) is 0 Å². The van der Waals surface area contributed by atoms with Crippen molar-refractivity contribution in [2.24, 2.45) is 0 Å². The molecule has 26 heavy (non-hydrogen) atoms. The van der Waals surface area contributed by atoms with Gasteiger partial charge in [-0.2, -0.15) is 0 Å². The first-order chi connectivity index (χ1) is 12.8. The predicted molar refractivity (Wildman–Crippen MR) is 104 cm³/mol. The molecule has 1 aromatic carbocycles. The fraction of sp³-hybridized carbons (Fsp3) is 0.238. The third-order valence-corrected chi connectivity index (χ3v) is 4.84. The standard InChI is InChI=1S/C21H23N5/c1-15-20(14-25-26-15)23-13-19-11-18(16-5-3-2-4-6-16)12-24-21(19)17-7-9-22-10-8-17/h2-12,15,20,23,25-26H,13-14H2,1H3. The van der Waals surface area contributed by atoms with Crippen molar-refractivity contribution in [2.45, 2.75) is 25.6 Å². The number of benzene rings is 1. The summed E-state index contributed by atoms with van der Waals surface area (Å²) in [5.41, 5.74) is 12.1. The quantitative estimate of drug-likeness (QED) is 0.664. The van der Waals surface area contributed by atoms with E-state index in [0.29, 0.717) is 12.1 Å². The molecule has 3 aromatic rings. The lowest BCUT2D eigenvalue weighted by atomic mass is 10.0. The summed E-state index contributed by atoms with van der Waals surface area (Å²) in [4.78, 5) is 8.92. The molecule has 1 fully saturated rings. The second kappa shape index (κ2) is 7.74. The molecule has 3 N–H and O–H groups in total. The molecule has 2 atom stereocenters. The predicted octanol–water partition coefficient (Wildman–Crippen LogP) is 2.77. The Balaban J connectivity index is 1.67. The number of nitrogens with zero attached hydrogens (tertiary/aromatic N) is 2. The Morgan fingerprint density at radius 2 is 1.85 bits per heavy atom. The van der Waals surface area contributed by atoms with Crippen LogP contribution in [0.1, 0.15) is 12.5 Å². The van der Waals surface area contributed by atoms with Crippen LogP contribution in [0.5, 0.6) is 0 Å². The van der Waals surface area contributed by atoms with Crippen molar-refractivity contribution >= 4 is 0 Å². The Morgan fingerprint density at radius 3 is 2.58 bits per heavy atom. The lowest BCUT2D eigenvalue weighted by Gasteiger charge is -2.18. The molecule has 1 aliphatic rings. The molecule has 3 heterocycles. The maximum atomic E-state index is 4.79. The van der Waals surface area contributed by atoms with E-state index >= 15 is 0 Å². The number of hydrogen-bond acceptors (Lipinski definition) is 5. The van der Waals surface area contributed by atoms with Crippen molar-refractivity contribution < 1.29 is 0 Å². The van der Waals surface area contributed by atoms with Gasteiger partial charge >= 0.3 is 0 Å². The Hall–Kier alpha value is -2.60. The average molecular weight is 345 g/mol. The van der Waals surface area contributed by atoms with Crippen LogP contribution in [0.25, 0.3) is 22.4 Å². The van der Waals surface area contributed by atoms with Gasteiger partial charge in [0.15, 0.2) is 0 Å². The summed E-state index contributed by atoms with van der Waals surface area (Å²) in [6, 6.07) is 17.4. The van der Waals surface area contributed by atoms with Crippen LogP contribution in [0.4, 0.5) is 0 Å². The van der Waals surface area contributed by atoms with Crippen LogP contribution in [0.15, 0.2) is 67.1 Å². The second-order valence-corrected chi connectivity index (χ2v) is 6.63. The highest BCUT2D eigenvalue weighted by Crippen LogP contribution is 2.26. The summed E-state index contributed by atoms with van der Waals surface area (Å²) in [7, 11) is 0. The zero-order chi connectivity index (χ0) is 17.8. The van der Waals surface area contributed by atoms with Crippen LogP contribution in [0.3, 0.4) is 0 Å². The fourth-order valence-electron chi connectivity index (χ4n) is 3.30. The molecule has 0 aliphatic carbocycles. The zero-order valence-corrected chi connectivity index (χ0v) is 14.8. The van der Waals surface area contributed by atoms with Crippen LogP contribution in [-0.4, -0.2) is 28.6 Å². The van der Waals surface area contributed by atoms with Crippen molar-refractivity contribution in [3.05, 3.63) is 72.7 Å². The van der Waals surface area contributed by atoms with Gasteiger partial charge in [0, 0.05) is 54.9 Å². The zero-order valence-electron chi connectivity index (χ0n) is 14.8. The van der Waals surface area contributed by atoms with E-state index in [1.807, 2.05) is 36.8 Å². The highest BCUT2D eigenvalue weighted by atomic mass is 15.4. The molecule has 4 rings (SSSR count). The first-order valence-electron chi connectivity index (χ1n) is 8.98. The van der Waals surface area contributed by atoms with Crippen molar-refractivity contribution in [3.63, 3.8) is 0 Å². The summed E-state index contributed by atoms with van der Waals surface area (Å²) in [5.74, 6) is 0. The maximum Gasteiger partial charge on any atom is 0.0748 e. The van der Waals surface area contributed by atoms with Crippen molar-refractivity contribution in [2.75, 3.05) is 6.54 Å². The van der Waals surface area contributed by atoms with Gasteiger partial charge in [-0.05, 0) is 36.2 Å². The summed E-state index contributed by atoms with van der Waals surface area (Å²) >= 11 is 0. The van der Waals surface area contributed by atoms with Gasteiger partial charge in [0.05, 0.1) is 5.69 Å². The van der Waals surface area contributed by atoms with Crippen LogP contribution in [-0.2, 0) is 6.54 Å². The van der Waals surface area contributed by atoms with E-state index in [1.54, 1.807) is 0 Å².